The lowest BCUT2D eigenvalue weighted by atomic mass is 10.2. The quantitative estimate of drug-likeness (QED) is 0.605. The van der Waals surface area contributed by atoms with Crippen LogP contribution < -0.4 is 10.4 Å². The van der Waals surface area contributed by atoms with Gasteiger partial charge >= 0.3 is 17.8 Å². The smallest absolute Gasteiger partial charge is 0.504 e. The molecule has 102 valence electrons. The summed E-state index contributed by atoms with van der Waals surface area (Å²) in [5.74, 6) is 0.620. The van der Waals surface area contributed by atoms with Crippen molar-refractivity contribution in [3.63, 3.8) is 0 Å². The van der Waals surface area contributed by atoms with Crippen molar-refractivity contribution >= 4 is 23.6 Å². The molecule has 7 heteroatoms. The molecule has 3 rings (SSSR count). The van der Waals surface area contributed by atoms with Crippen LogP contribution in [-0.4, -0.2) is 53.2 Å². The van der Waals surface area contributed by atoms with Gasteiger partial charge in [0.2, 0.25) is 5.84 Å². The van der Waals surface area contributed by atoms with Crippen LogP contribution in [0, 0.1) is 0 Å². The second-order valence-corrected chi connectivity index (χ2v) is 4.75. The van der Waals surface area contributed by atoms with Crippen molar-refractivity contribution in [3.05, 3.63) is 29.8 Å². The van der Waals surface area contributed by atoms with Gasteiger partial charge in [0.25, 0.3) is 6.04 Å². The lowest BCUT2D eigenvalue weighted by Gasteiger charge is -2.15. The Morgan fingerprint density at radius 3 is 2.85 bits per heavy atom. The van der Waals surface area contributed by atoms with Crippen LogP contribution in [0.1, 0.15) is 5.56 Å². The van der Waals surface area contributed by atoms with Crippen molar-refractivity contribution in [2.75, 3.05) is 14.1 Å². The summed E-state index contributed by atoms with van der Waals surface area (Å²) in [6, 6.07) is 5.23. The van der Waals surface area contributed by atoms with E-state index in [1.165, 1.54) is 23.8 Å². The van der Waals surface area contributed by atoms with Crippen LogP contribution in [0.2, 0.25) is 0 Å². The van der Waals surface area contributed by atoms with Crippen molar-refractivity contribution in [1.82, 2.24) is 4.90 Å². The Labute approximate surface area is 114 Å². The molecule has 0 radical (unpaired) electrons. The van der Waals surface area contributed by atoms with E-state index in [9.17, 15) is 14.7 Å². The number of hydrogen-bond acceptors (Lipinski definition) is 4. The zero-order chi connectivity index (χ0) is 14.4. The van der Waals surface area contributed by atoms with E-state index in [2.05, 4.69) is 4.99 Å². The fourth-order valence-electron chi connectivity index (χ4n) is 2.35. The number of fused-ring (bicyclic) bond motifs is 1. The Hall–Kier alpha value is -2.54. The van der Waals surface area contributed by atoms with Gasteiger partial charge in [0, 0.05) is 0 Å². The molecule has 0 saturated carbocycles. The summed E-state index contributed by atoms with van der Waals surface area (Å²) in [6.45, 7) is 0. The minimum atomic E-state index is -0.701. The third-order valence-electron chi connectivity index (χ3n) is 3.49. The molecule has 7 nitrogen and oxygen atoms in total. The molecule has 1 unspecified atom stereocenters. The predicted octanol–water partition coefficient (Wildman–Crippen LogP) is -1.91. The van der Waals surface area contributed by atoms with Gasteiger partial charge in [-0.2, -0.15) is 9.69 Å². The Kier molecular flexibility index (Phi) is 2.65. The van der Waals surface area contributed by atoms with E-state index in [4.69, 9.17) is 0 Å². The van der Waals surface area contributed by atoms with Gasteiger partial charge in [-0.25, -0.2) is 15.1 Å². The Bertz CT molecular complexity index is 693. The van der Waals surface area contributed by atoms with Gasteiger partial charge in [0.1, 0.15) is 0 Å². The molecular weight excluding hydrogens is 260 g/mol. The number of amides is 3. The summed E-state index contributed by atoms with van der Waals surface area (Å²) in [5, 5.41) is 13.1. The molecule has 2 heterocycles. The maximum Gasteiger partial charge on any atom is 0.504 e. The summed E-state index contributed by atoms with van der Waals surface area (Å²) >= 11 is 0. The number of aliphatic imine (C=N–C) groups is 1. The van der Waals surface area contributed by atoms with Gasteiger partial charge < -0.3 is 5.11 Å². The maximum absolute atomic E-state index is 12.1. The highest BCUT2D eigenvalue weighted by atomic mass is 16.3. The Morgan fingerprint density at radius 2 is 2.15 bits per heavy atom. The molecule has 0 aliphatic carbocycles. The van der Waals surface area contributed by atoms with Crippen LogP contribution >= 0.6 is 0 Å². The number of likely N-dealkylation sites (N-methyl/N-ethyl adjacent to an activating group) is 1. The number of nitrogens with zero attached hydrogens (tertiary/aromatic N) is 3. The van der Waals surface area contributed by atoms with E-state index in [-0.39, 0.29) is 17.7 Å². The first kappa shape index (κ1) is 12.5. The van der Waals surface area contributed by atoms with E-state index in [1.807, 2.05) is 0 Å². The van der Waals surface area contributed by atoms with E-state index < -0.39 is 6.04 Å². The minimum Gasteiger partial charge on any atom is -0.872 e. The number of rotatable bonds is 1. The van der Waals surface area contributed by atoms with Crippen LogP contribution in [0.15, 0.2) is 29.3 Å². The van der Waals surface area contributed by atoms with Crippen molar-refractivity contribution in [2.24, 2.45) is 4.99 Å². The zero-order valence-electron chi connectivity index (χ0n) is 11.0. The number of carbonyl (C=O) groups is 2. The molecule has 0 saturated heterocycles. The van der Waals surface area contributed by atoms with Gasteiger partial charge in [-0.3, -0.25) is 0 Å². The van der Waals surface area contributed by atoms with E-state index in [0.29, 0.717) is 17.2 Å². The number of nitrogens with two attached hydrogens (primary N) is 1. The van der Waals surface area contributed by atoms with Gasteiger partial charge in [-0.15, -0.1) is 10.3 Å². The molecule has 0 bridgehead atoms. The third kappa shape index (κ3) is 1.71. The highest BCUT2D eigenvalue weighted by molar-refractivity contribution is 6.16. The SMILES string of the molecule is CN1C(=O)C2N=C(c3cccc([O-])c3)[NH2+]C2=[N+](C)C1=O. The lowest BCUT2D eigenvalue weighted by Crippen LogP contribution is -2.93. The standard InChI is InChI=1S/C13H12N4O3/c1-16-11-9(12(19)17(2)13(16)20)14-10(15-11)7-4-3-5-8(18)6-7/h3-6,9,18H,1-2H3/p+1. The van der Waals surface area contributed by atoms with Crippen molar-refractivity contribution in [2.45, 2.75) is 6.04 Å². The number of quaternary nitrogens is 1. The average molecular weight is 273 g/mol. The molecule has 0 fully saturated rings. The predicted molar refractivity (Wildman–Crippen MR) is 67.5 cm³/mol. The average Bonchev–Trinajstić information content (AvgIpc) is 2.88. The first-order chi connectivity index (χ1) is 9.49. The third-order valence-corrected chi connectivity index (χ3v) is 3.49. The summed E-state index contributed by atoms with van der Waals surface area (Å²) in [7, 11) is 3.04. The summed E-state index contributed by atoms with van der Waals surface area (Å²) in [5.41, 5.74) is 0.649. The Balaban J connectivity index is 2.05. The molecular formula is C13H13N4O3+. The number of carbonyl (C=O) groups excluding carboxylic acids is 2. The summed E-state index contributed by atoms with van der Waals surface area (Å²) in [6.07, 6.45) is 0. The fraction of sp³-hybridized carbons (Fsp3) is 0.231. The van der Waals surface area contributed by atoms with Crippen molar-refractivity contribution in [3.8, 4) is 5.75 Å². The van der Waals surface area contributed by atoms with Crippen LogP contribution in [0.5, 0.6) is 5.75 Å². The molecule has 1 atom stereocenters. The monoisotopic (exact) mass is 273 g/mol. The maximum atomic E-state index is 12.1. The van der Waals surface area contributed by atoms with Gasteiger partial charge in [-0.05, 0) is 6.07 Å². The minimum absolute atomic E-state index is 0.119. The highest BCUT2D eigenvalue weighted by Crippen LogP contribution is 2.13. The normalized spacial score (nSPS) is 22.2. The second-order valence-electron chi connectivity index (χ2n) is 4.75. The van der Waals surface area contributed by atoms with E-state index in [1.54, 1.807) is 24.5 Å². The molecule has 20 heavy (non-hydrogen) atoms. The fourth-order valence-corrected chi connectivity index (χ4v) is 2.35. The first-order valence-electron chi connectivity index (χ1n) is 6.11. The number of amidine groups is 2. The molecule has 2 aliphatic heterocycles. The van der Waals surface area contributed by atoms with E-state index in [0.717, 1.165) is 4.90 Å². The van der Waals surface area contributed by atoms with Crippen LogP contribution in [0.3, 0.4) is 0 Å². The Morgan fingerprint density at radius 1 is 1.40 bits per heavy atom. The van der Waals surface area contributed by atoms with E-state index >= 15 is 0 Å². The van der Waals surface area contributed by atoms with Gasteiger partial charge in [0.05, 0.1) is 19.7 Å². The van der Waals surface area contributed by atoms with Crippen LogP contribution in [0.25, 0.3) is 0 Å². The number of imide groups is 1. The lowest BCUT2D eigenvalue weighted by molar-refractivity contribution is -0.514. The molecule has 1 aromatic rings. The summed E-state index contributed by atoms with van der Waals surface area (Å²) in [4.78, 5) is 29.3. The summed E-state index contributed by atoms with van der Waals surface area (Å²) < 4.78 is 1.41. The van der Waals surface area contributed by atoms with Crippen molar-refractivity contribution < 1.29 is 24.6 Å². The van der Waals surface area contributed by atoms with Gasteiger partial charge in [0.15, 0.2) is 0 Å². The largest absolute Gasteiger partial charge is 0.872 e. The highest BCUT2D eigenvalue weighted by Gasteiger charge is 2.51. The number of urea groups is 1. The van der Waals surface area contributed by atoms with Gasteiger partial charge in [-0.1, -0.05) is 18.2 Å². The van der Waals surface area contributed by atoms with Crippen molar-refractivity contribution in [1.29, 1.82) is 0 Å². The van der Waals surface area contributed by atoms with Crippen LogP contribution in [0.4, 0.5) is 4.79 Å². The first-order valence-corrected chi connectivity index (χ1v) is 6.11. The molecule has 0 spiro atoms. The molecule has 0 aromatic heterocycles. The molecule has 2 aliphatic rings. The molecule has 3 amide bonds. The zero-order valence-corrected chi connectivity index (χ0v) is 11.0. The van der Waals surface area contributed by atoms with Crippen LogP contribution in [-0.2, 0) is 4.79 Å². The molecule has 2 N–H and O–H groups in total. The second kappa shape index (κ2) is 4.24. The topological polar surface area (TPSA) is 92.4 Å². The number of benzene rings is 1. The number of hydrogen-bond donors (Lipinski definition) is 1. The molecule has 1 aromatic carbocycles.